The number of aryl methyl sites for hydroxylation is 1. The quantitative estimate of drug-likeness (QED) is 0.386. The second kappa shape index (κ2) is 8.75. The number of carbonyl (C=O) groups excluding carboxylic acids is 1. The van der Waals surface area contributed by atoms with Crippen LogP contribution in [0, 0.1) is 19.7 Å². The van der Waals surface area contributed by atoms with Crippen molar-refractivity contribution in [3.63, 3.8) is 0 Å². The molecule has 0 aliphatic carbocycles. The zero-order chi connectivity index (χ0) is 22.1. The van der Waals surface area contributed by atoms with Crippen LogP contribution in [0.25, 0.3) is 0 Å². The van der Waals surface area contributed by atoms with Gasteiger partial charge in [-0.15, -0.1) is 0 Å². The molecule has 0 atom stereocenters. The molecule has 8 nitrogen and oxygen atoms in total. The lowest BCUT2D eigenvalue weighted by atomic mass is 10.2. The summed E-state index contributed by atoms with van der Waals surface area (Å²) < 4.78 is 19.8. The smallest absolute Gasteiger partial charge is 0.277 e. The maximum atomic E-state index is 13.1. The summed E-state index contributed by atoms with van der Waals surface area (Å²) in [5.74, 6) is -0.284. The highest BCUT2D eigenvalue weighted by molar-refractivity contribution is 9.11. The van der Waals surface area contributed by atoms with E-state index in [4.69, 9.17) is 0 Å². The highest BCUT2D eigenvalue weighted by Gasteiger charge is 2.16. The summed E-state index contributed by atoms with van der Waals surface area (Å²) in [5.41, 5.74) is 3.03. The lowest BCUT2D eigenvalue weighted by Crippen LogP contribution is -2.16. The van der Waals surface area contributed by atoms with E-state index in [2.05, 4.69) is 52.5 Å². The van der Waals surface area contributed by atoms with Gasteiger partial charge in [0, 0.05) is 12.4 Å². The van der Waals surface area contributed by atoms with Crippen LogP contribution in [0.2, 0.25) is 0 Å². The number of rotatable bonds is 6. The summed E-state index contributed by atoms with van der Waals surface area (Å²) in [6.45, 7) is 4.72. The van der Waals surface area contributed by atoms with E-state index in [9.17, 15) is 9.18 Å². The van der Waals surface area contributed by atoms with E-state index in [1.165, 1.54) is 12.1 Å². The number of nitrogens with one attached hydrogen (secondary N) is 1. The lowest BCUT2D eigenvalue weighted by molar-refractivity contribution is 0.102. The van der Waals surface area contributed by atoms with Gasteiger partial charge < -0.3 is 5.32 Å². The number of aromatic nitrogens is 6. The topological polar surface area (TPSA) is 82.6 Å². The highest BCUT2D eigenvalue weighted by atomic mass is 79.9. The van der Waals surface area contributed by atoms with E-state index in [1.54, 1.807) is 40.0 Å². The minimum atomic E-state index is -0.374. The fraction of sp³-hybridized carbons (Fsp3) is 0.200. The molecule has 3 aromatic heterocycles. The Bertz CT molecular complexity index is 1240. The molecular weight excluding hydrogens is 533 g/mol. The Kier molecular flexibility index (Phi) is 6.05. The molecule has 0 saturated carbocycles. The summed E-state index contributed by atoms with van der Waals surface area (Å²) in [6.07, 6.45) is 3.47. The van der Waals surface area contributed by atoms with Crippen LogP contribution in [-0.2, 0) is 13.2 Å². The lowest BCUT2D eigenvalue weighted by Gasteiger charge is -2.05. The van der Waals surface area contributed by atoms with Crippen LogP contribution < -0.4 is 5.32 Å². The Morgan fingerprint density at radius 2 is 1.81 bits per heavy atom. The van der Waals surface area contributed by atoms with Gasteiger partial charge in [0.05, 0.1) is 26.9 Å². The summed E-state index contributed by atoms with van der Waals surface area (Å²) in [4.78, 5) is 12.6. The predicted octanol–water partition coefficient (Wildman–Crippen LogP) is 4.36. The Hall–Kier alpha value is -2.79. The van der Waals surface area contributed by atoms with Gasteiger partial charge >= 0.3 is 0 Å². The van der Waals surface area contributed by atoms with Crippen molar-refractivity contribution >= 4 is 43.6 Å². The van der Waals surface area contributed by atoms with Crippen LogP contribution in [-0.4, -0.2) is 35.2 Å². The fourth-order valence-corrected chi connectivity index (χ4v) is 3.72. The van der Waals surface area contributed by atoms with Gasteiger partial charge in [-0.1, -0.05) is 12.1 Å². The molecule has 1 amide bonds. The number of anilines is 1. The van der Waals surface area contributed by atoms with Crippen LogP contribution in [0.5, 0.6) is 0 Å². The molecule has 4 aromatic rings. The van der Waals surface area contributed by atoms with E-state index in [1.807, 2.05) is 18.5 Å². The van der Waals surface area contributed by atoms with Gasteiger partial charge in [0.1, 0.15) is 12.5 Å². The third-order valence-corrected chi connectivity index (χ3v) is 6.38. The number of hydrogen-bond acceptors (Lipinski definition) is 4. The first kappa shape index (κ1) is 21.4. The first-order valence-electron chi connectivity index (χ1n) is 9.32. The van der Waals surface area contributed by atoms with Gasteiger partial charge in [-0.2, -0.15) is 15.3 Å². The first-order valence-corrected chi connectivity index (χ1v) is 10.9. The molecule has 1 N–H and O–H groups in total. The van der Waals surface area contributed by atoms with Crippen molar-refractivity contribution in [3.05, 3.63) is 80.1 Å². The van der Waals surface area contributed by atoms with Crippen LogP contribution in [0.4, 0.5) is 10.2 Å². The monoisotopic (exact) mass is 549 g/mol. The third-order valence-electron chi connectivity index (χ3n) is 4.65. The third kappa shape index (κ3) is 4.77. The largest absolute Gasteiger partial charge is 0.303 e. The molecule has 4 rings (SSSR count). The fourth-order valence-electron chi connectivity index (χ4n) is 3.02. The molecule has 0 saturated heterocycles. The van der Waals surface area contributed by atoms with Gasteiger partial charge in [0.2, 0.25) is 0 Å². The van der Waals surface area contributed by atoms with Crippen LogP contribution in [0.15, 0.2) is 51.7 Å². The van der Waals surface area contributed by atoms with Crippen molar-refractivity contribution in [3.8, 4) is 0 Å². The van der Waals surface area contributed by atoms with Crippen molar-refractivity contribution in [1.82, 2.24) is 29.3 Å². The van der Waals surface area contributed by atoms with E-state index >= 15 is 0 Å². The van der Waals surface area contributed by atoms with Gasteiger partial charge in [-0.05, 0) is 69.5 Å². The van der Waals surface area contributed by atoms with Crippen LogP contribution in [0.1, 0.15) is 27.4 Å². The summed E-state index contributed by atoms with van der Waals surface area (Å²) in [7, 11) is 0. The molecule has 0 bridgehead atoms. The molecule has 0 aliphatic heterocycles. The van der Waals surface area contributed by atoms with Crippen LogP contribution in [0.3, 0.4) is 0 Å². The molecule has 0 unspecified atom stereocenters. The maximum absolute atomic E-state index is 13.1. The Morgan fingerprint density at radius 3 is 2.48 bits per heavy atom. The number of carbonyl (C=O) groups is 1. The van der Waals surface area contributed by atoms with E-state index < -0.39 is 0 Å². The zero-order valence-corrected chi connectivity index (χ0v) is 19.9. The van der Waals surface area contributed by atoms with E-state index in [0.717, 1.165) is 21.4 Å². The van der Waals surface area contributed by atoms with E-state index in [-0.39, 0.29) is 17.4 Å². The SMILES string of the molecule is Cc1nn(Cn2ccc(C(=O)Nc3nn(Cc4ccc(F)cc4)cc3Br)n2)c(C)c1Br. The standard InChI is InChI=1S/C20H18Br2FN7O/c1-12-18(22)13(2)30(25-12)11-28-8-7-17(26-28)20(31)24-19-16(21)10-29(27-19)9-14-3-5-15(23)6-4-14/h3-8,10H,9,11H2,1-2H3,(H,24,27,31). The summed E-state index contributed by atoms with van der Waals surface area (Å²) in [6, 6.07) is 7.82. The van der Waals surface area contributed by atoms with Crippen molar-refractivity contribution in [2.45, 2.75) is 27.1 Å². The number of halogens is 3. The molecule has 11 heteroatoms. The molecule has 31 heavy (non-hydrogen) atoms. The molecule has 0 spiro atoms. The highest BCUT2D eigenvalue weighted by Crippen LogP contribution is 2.22. The maximum Gasteiger partial charge on any atom is 0.277 e. The Balaban J connectivity index is 1.43. The van der Waals surface area contributed by atoms with Gasteiger partial charge in [-0.3, -0.25) is 14.2 Å². The second-order valence-electron chi connectivity index (χ2n) is 6.97. The Morgan fingerprint density at radius 1 is 1.06 bits per heavy atom. The number of hydrogen-bond donors (Lipinski definition) is 1. The Labute approximate surface area is 194 Å². The second-order valence-corrected chi connectivity index (χ2v) is 8.62. The van der Waals surface area contributed by atoms with Crippen molar-refractivity contribution < 1.29 is 9.18 Å². The molecule has 3 heterocycles. The first-order chi connectivity index (χ1) is 14.8. The van der Waals surface area contributed by atoms with Gasteiger partial charge in [0.25, 0.3) is 5.91 Å². The minimum absolute atomic E-state index is 0.264. The number of nitrogens with zero attached hydrogens (tertiary/aromatic N) is 6. The van der Waals surface area contributed by atoms with Crippen LogP contribution >= 0.6 is 31.9 Å². The normalized spacial score (nSPS) is 11.1. The average Bonchev–Trinajstić information content (AvgIpc) is 3.40. The zero-order valence-electron chi connectivity index (χ0n) is 16.7. The summed E-state index contributed by atoms with van der Waals surface area (Å²) >= 11 is 6.91. The van der Waals surface area contributed by atoms with Gasteiger partial charge in [0.15, 0.2) is 11.5 Å². The van der Waals surface area contributed by atoms with E-state index in [0.29, 0.717) is 23.5 Å². The predicted molar refractivity (Wildman–Crippen MR) is 120 cm³/mol. The minimum Gasteiger partial charge on any atom is -0.303 e. The molecule has 0 radical (unpaired) electrons. The molecule has 160 valence electrons. The molecule has 0 fully saturated rings. The molecule has 0 aliphatic rings. The molecule has 1 aromatic carbocycles. The number of amides is 1. The summed E-state index contributed by atoms with van der Waals surface area (Å²) in [5, 5.41) is 15.9. The molecular formula is C20H18Br2FN7O. The van der Waals surface area contributed by atoms with Crippen molar-refractivity contribution in [2.24, 2.45) is 0 Å². The van der Waals surface area contributed by atoms with Gasteiger partial charge in [-0.25, -0.2) is 9.07 Å². The van der Waals surface area contributed by atoms with Crippen molar-refractivity contribution in [1.29, 1.82) is 0 Å². The average molecular weight is 551 g/mol. The van der Waals surface area contributed by atoms with Crippen molar-refractivity contribution in [2.75, 3.05) is 5.32 Å². The number of benzene rings is 1.